The topological polar surface area (TPSA) is 66.8 Å². The average Bonchev–Trinajstić information content (AvgIpc) is 2.38. The fraction of sp³-hybridized carbons (Fsp3) is 0.385. The highest BCUT2D eigenvalue weighted by Crippen LogP contribution is 2.24. The van der Waals surface area contributed by atoms with E-state index in [2.05, 4.69) is 11.3 Å². The summed E-state index contributed by atoms with van der Waals surface area (Å²) in [6.45, 7) is 3.59. The predicted octanol–water partition coefficient (Wildman–Crippen LogP) is 2.38. The molecule has 98 valence electrons. The summed E-state index contributed by atoms with van der Waals surface area (Å²) in [6.07, 6.45) is 8.82. The molecule has 1 N–H and O–H groups in total. The first-order valence-corrected chi connectivity index (χ1v) is 5.66. The Balaban J connectivity index is 2.68. The molecule has 0 saturated heterocycles. The van der Waals surface area contributed by atoms with E-state index < -0.39 is 18.0 Å². The molecule has 5 nitrogen and oxygen atoms in total. The van der Waals surface area contributed by atoms with Gasteiger partial charge in [-0.3, -0.25) is 9.69 Å². The molecule has 0 aromatic carbocycles. The smallest absolute Gasteiger partial charge is 0.417 e. The van der Waals surface area contributed by atoms with Crippen molar-refractivity contribution in [2.75, 3.05) is 7.11 Å². The van der Waals surface area contributed by atoms with Crippen molar-refractivity contribution in [3.8, 4) is 0 Å². The van der Waals surface area contributed by atoms with Crippen molar-refractivity contribution in [3.63, 3.8) is 0 Å². The lowest BCUT2D eigenvalue weighted by atomic mass is 9.87. The maximum absolute atomic E-state index is 11.2. The van der Waals surface area contributed by atoms with Crippen LogP contribution >= 0.6 is 0 Å². The molecule has 0 saturated carbocycles. The molecule has 0 aliphatic carbocycles. The summed E-state index contributed by atoms with van der Waals surface area (Å²) in [5.41, 5.74) is 0. The zero-order valence-electron chi connectivity index (χ0n) is 10.3. The van der Waals surface area contributed by atoms with Crippen LogP contribution in [0, 0.1) is 11.8 Å². The van der Waals surface area contributed by atoms with Crippen LogP contribution in [0.15, 0.2) is 37.2 Å². The number of carbonyl (C=O) groups is 2. The lowest BCUT2D eigenvalue weighted by Crippen LogP contribution is -2.27. The quantitative estimate of drug-likeness (QED) is 0.762. The van der Waals surface area contributed by atoms with Crippen molar-refractivity contribution in [3.05, 3.63) is 37.2 Å². The Morgan fingerprint density at radius 3 is 2.56 bits per heavy atom. The van der Waals surface area contributed by atoms with Crippen LogP contribution in [0.4, 0.5) is 4.79 Å². The van der Waals surface area contributed by atoms with Crippen LogP contribution in [-0.4, -0.2) is 29.2 Å². The van der Waals surface area contributed by atoms with Gasteiger partial charge in [-0.05, 0) is 12.8 Å². The monoisotopic (exact) mass is 251 g/mol. The van der Waals surface area contributed by atoms with Gasteiger partial charge in [0.05, 0.1) is 13.0 Å². The van der Waals surface area contributed by atoms with E-state index in [4.69, 9.17) is 5.11 Å². The molecule has 1 amide bonds. The SMILES string of the molecule is C=CCCC(C(=O)O)C1C=CN(C(=O)OC)C=C1. The Bertz CT molecular complexity index is 372. The third-order valence-corrected chi connectivity index (χ3v) is 2.79. The van der Waals surface area contributed by atoms with E-state index in [0.717, 1.165) is 0 Å². The van der Waals surface area contributed by atoms with Gasteiger partial charge in [0.1, 0.15) is 0 Å². The number of aliphatic carboxylic acids is 1. The number of methoxy groups -OCH3 is 1. The Kier molecular flexibility index (Phi) is 5.17. The average molecular weight is 251 g/mol. The van der Waals surface area contributed by atoms with Gasteiger partial charge in [0.25, 0.3) is 0 Å². The van der Waals surface area contributed by atoms with Gasteiger partial charge in [0.15, 0.2) is 0 Å². The van der Waals surface area contributed by atoms with Gasteiger partial charge in [0.2, 0.25) is 0 Å². The number of amides is 1. The Hall–Kier alpha value is -2.04. The molecule has 18 heavy (non-hydrogen) atoms. The van der Waals surface area contributed by atoms with Crippen molar-refractivity contribution in [2.45, 2.75) is 12.8 Å². The number of hydrogen-bond donors (Lipinski definition) is 1. The van der Waals surface area contributed by atoms with E-state index >= 15 is 0 Å². The normalized spacial score (nSPS) is 16.4. The number of carboxylic acids is 1. The third-order valence-electron chi connectivity index (χ3n) is 2.79. The van der Waals surface area contributed by atoms with Gasteiger partial charge in [-0.2, -0.15) is 0 Å². The number of allylic oxidation sites excluding steroid dienone is 3. The first kappa shape index (κ1) is 14.0. The lowest BCUT2D eigenvalue weighted by molar-refractivity contribution is -0.142. The molecule has 0 bridgehead atoms. The first-order valence-electron chi connectivity index (χ1n) is 5.66. The van der Waals surface area contributed by atoms with Gasteiger partial charge in [-0.25, -0.2) is 4.79 Å². The highest BCUT2D eigenvalue weighted by atomic mass is 16.5. The minimum Gasteiger partial charge on any atom is -0.481 e. The molecular weight excluding hydrogens is 234 g/mol. The fourth-order valence-electron chi connectivity index (χ4n) is 1.77. The van der Waals surface area contributed by atoms with Crippen molar-refractivity contribution < 1.29 is 19.4 Å². The summed E-state index contributed by atoms with van der Waals surface area (Å²) in [4.78, 5) is 23.7. The minimum absolute atomic E-state index is 0.219. The summed E-state index contributed by atoms with van der Waals surface area (Å²) in [5, 5.41) is 9.17. The molecule has 0 spiro atoms. The van der Waals surface area contributed by atoms with Crippen LogP contribution in [0.2, 0.25) is 0 Å². The molecule has 5 heteroatoms. The number of hydrogen-bond acceptors (Lipinski definition) is 3. The molecule has 0 radical (unpaired) electrons. The third kappa shape index (κ3) is 3.48. The van der Waals surface area contributed by atoms with Crippen molar-refractivity contribution >= 4 is 12.1 Å². The maximum Gasteiger partial charge on any atom is 0.417 e. The summed E-state index contributed by atoms with van der Waals surface area (Å²) < 4.78 is 4.55. The van der Waals surface area contributed by atoms with Crippen LogP contribution in [0.5, 0.6) is 0 Å². The Morgan fingerprint density at radius 1 is 1.50 bits per heavy atom. The molecule has 0 fully saturated rings. The molecule has 1 aliphatic heterocycles. The second kappa shape index (κ2) is 6.64. The maximum atomic E-state index is 11.2. The largest absolute Gasteiger partial charge is 0.481 e. The number of carbonyl (C=O) groups excluding carboxylic acids is 1. The van der Waals surface area contributed by atoms with Crippen LogP contribution in [-0.2, 0) is 9.53 Å². The Labute approximate surface area is 106 Å². The van der Waals surface area contributed by atoms with Gasteiger partial charge in [0, 0.05) is 18.3 Å². The fourth-order valence-corrected chi connectivity index (χ4v) is 1.77. The van der Waals surface area contributed by atoms with E-state index in [-0.39, 0.29) is 5.92 Å². The van der Waals surface area contributed by atoms with Crippen molar-refractivity contribution in [2.24, 2.45) is 11.8 Å². The zero-order chi connectivity index (χ0) is 13.5. The second-order valence-electron chi connectivity index (χ2n) is 3.95. The highest BCUT2D eigenvalue weighted by molar-refractivity contribution is 5.72. The van der Waals surface area contributed by atoms with E-state index in [1.165, 1.54) is 24.4 Å². The van der Waals surface area contributed by atoms with Crippen LogP contribution in [0.1, 0.15) is 12.8 Å². The number of rotatable bonds is 5. The summed E-state index contributed by atoms with van der Waals surface area (Å²) in [7, 11) is 1.29. The van der Waals surface area contributed by atoms with Crippen LogP contribution in [0.25, 0.3) is 0 Å². The molecule has 1 unspecified atom stereocenters. The number of nitrogens with zero attached hydrogens (tertiary/aromatic N) is 1. The van der Waals surface area contributed by atoms with Crippen molar-refractivity contribution in [1.82, 2.24) is 4.90 Å². The summed E-state index contributed by atoms with van der Waals surface area (Å²) >= 11 is 0. The van der Waals surface area contributed by atoms with Gasteiger partial charge in [-0.1, -0.05) is 18.2 Å². The molecule has 1 heterocycles. The first-order chi connectivity index (χ1) is 8.60. The summed E-state index contributed by atoms with van der Waals surface area (Å²) in [6, 6.07) is 0. The van der Waals surface area contributed by atoms with Crippen LogP contribution in [0.3, 0.4) is 0 Å². The standard InChI is InChI=1S/C13H17NO4/c1-3-4-5-11(12(15)16)10-6-8-14(9-7-10)13(17)18-2/h3,6-11H,1,4-5H2,2H3,(H,15,16). The molecular formula is C13H17NO4. The minimum atomic E-state index is -0.845. The number of ether oxygens (including phenoxy) is 1. The molecule has 1 rings (SSSR count). The van der Waals surface area contributed by atoms with E-state index in [1.807, 2.05) is 0 Å². The van der Waals surface area contributed by atoms with E-state index in [1.54, 1.807) is 18.2 Å². The number of carboxylic acid groups (broad SMARTS) is 1. The Morgan fingerprint density at radius 2 is 2.11 bits per heavy atom. The summed E-state index contributed by atoms with van der Waals surface area (Å²) in [5.74, 6) is -1.57. The van der Waals surface area contributed by atoms with Gasteiger partial charge >= 0.3 is 12.1 Å². The van der Waals surface area contributed by atoms with Gasteiger partial charge in [-0.15, -0.1) is 6.58 Å². The highest BCUT2D eigenvalue weighted by Gasteiger charge is 2.26. The van der Waals surface area contributed by atoms with Gasteiger partial charge < -0.3 is 9.84 Å². The second-order valence-corrected chi connectivity index (χ2v) is 3.95. The molecule has 0 aromatic rings. The van der Waals surface area contributed by atoms with E-state index in [0.29, 0.717) is 12.8 Å². The molecule has 1 aliphatic rings. The van der Waals surface area contributed by atoms with Crippen molar-refractivity contribution in [1.29, 1.82) is 0 Å². The van der Waals surface area contributed by atoms with Crippen LogP contribution < -0.4 is 0 Å². The van der Waals surface area contributed by atoms with E-state index in [9.17, 15) is 9.59 Å². The molecule has 1 atom stereocenters. The predicted molar refractivity (Wildman–Crippen MR) is 66.6 cm³/mol. The lowest BCUT2D eigenvalue weighted by Gasteiger charge is -2.23. The molecule has 0 aromatic heterocycles. The zero-order valence-corrected chi connectivity index (χ0v) is 10.3.